The van der Waals surface area contributed by atoms with Gasteiger partial charge >= 0.3 is 0 Å². The summed E-state index contributed by atoms with van der Waals surface area (Å²) >= 11 is 0. The topological polar surface area (TPSA) is 0 Å². The largest absolute Gasteiger partial charge is 0.137 e. The summed E-state index contributed by atoms with van der Waals surface area (Å²) in [5, 5.41) is 0. The van der Waals surface area contributed by atoms with Crippen LogP contribution in [-0.4, -0.2) is 0 Å². The Balaban J connectivity index is 0.000000437. The predicted molar refractivity (Wildman–Crippen MR) is 75.8 cm³/mol. The van der Waals surface area contributed by atoms with Crippen molar-refractivity contribution in [3.05, 3.63) is 97.3 Å². The average Bonchev–Trinajstić information content (AvgIpc) is 2.41. The van der Waals surface area contributed by atoms with Crippen molar-refractivity contribution in [2.24, 2.45) is 0 Å². The first kappa shape index (κ1) is 12.8. The van der Waals surface area contributed by atoms with Crippen LogP contribution in [0.2, 0.25) is 0 Å². The van der Waals surface area contributed by atoms with Gasteiger partial charge in [0.25, 0.3) is 0 Å². The molecule has 0 unspecified atom stereocenters. The second-order valence-corrected chi connectivity index (χ2v) is 3.46. The zero-order chi connectivity index (χ0) is 12.5. The van der Waals surface area contributed by atoms with E-state index in [4.69, 9.17) is 0 Å². The third kappa shape index (κ3) is 3.98. The van der Waals surface area contributed by atoms with Crippen molar-refractivity contribution in [2.75, 3.05) is 0 Å². The molecule has 0 N–H and O–H groups in total. The minimum absolute atomic E-state index is 1.08. The fraction of sp³-hybridized carbons (Fsp3) is 0. The van der Waals surface area contributed by atoms with Gasteiger partial charge in [-0.05, 0) is 16.7 Å². The van der Waals surface area contributed by atoms with Crippen LogP contribution >= 0.6 is 0 Å². The highest BCUT2D eigenvalue weighted by atomic mass is 14.0. The van der Waals surface area contributed by atoms with Crippen molar-refractivity contribution < 1.29 is 0 Å². The van der Waals surface area contributed by atoms with Gasteiger partial charge in [0.15, 0.2) is 0 Å². The van der Waals surface area contributed by atoms with Gasteiger partial charge in [0.2, 0.25) is 0 Å². The monoisotopic (exact) mass is 220 g/mol. The first-order valence-corrected chi connectivity index (χ1v) is 5.38. The highest BCUT2D eigenvalue weighted by Crippen LogP contribution is 2.20. The van der Waals surface area contributed by atoms with Gasteiger partial charge < -0.3 is 0 Å². The summed E-state index contributed by atoms with van der Waals surface area (Å²) in [7, 11) is 0. The molecular formula is C17H16. The lowest BCUT2D eigenvalue weighted by Crippen LogP contribution is -1.84. The van der Waals surface area contributed by atoms with Crippen molar-refractivity contribution in [3.8, 4) is 0 Å². The summed E-state index contributed by atoms with van der Waals surface area (Å²) in [6.45, 7) is 10.3. The van der Waals surface area contributed by atoms with Crippen LogP contribution in [0, 0.1) is 0 Å². The van der Waals surface area contributed by atoms with Gasteiger partial charge in [0.1, 0.15) is 0 Å². The smallest absolute Gasteiger partial charge is 0.0183 e. The van der Waals surface area contributed by atoms with Crippen LogP contribution < -0.4 is 0 Å². The maximum Gasteiger partial charge on any atom is -0.0183 e. The maximum absolute atomic E-state index is 4.10. The highest BCUT2D eigenvalue weighted by molar-refractivity contribution is 5.77. The lowest BCUT2D eigenvalue weighted by molar-refractivity contribution is 1.56. The Labute approximate surface area is 103 Å². The first-order valence-electron chi connectivity index (χ1n) is 5.38. The third-order valence-electron chi connectivity index (χ3n) is 2.24. The van der Waals surface area contributed by atoms with E-state index in [0.29, 0.717) is 0 Å². The van der Waals surface area contributed by atoms with E-state index in [1.54, 1.807) is 0 Å². The minimum atomic E-state index is 1.08. The number of benzene rings is 2. The Bertz CT molecular complexity index is 445. The van der Waals surface area contributed by atoms with E-state index in [2.05, 4.69) is 49.7 Å². The molecule has 0 saturated carbocycles. The van der Waals surface area contributed by atoms with Gasteiger partial charge in [0.05, 0.1) is 0 Å². The van der Waals surface area contributed by atoms with E-state index in [-0.39, 0.29) is 0 Å². The molecule has 0 heteroatoms. The Morgan fingerprint density at radius 2 is 1.00 bits per heavy atom. The van der Waals surface area contributed by atoms with Crippen LogP contribution in [0.15, 0.2) is 86.1 Å². The highest BCUT2D eigenvalue weighted by Gasteiger charge is 1.99. The molecule has 0 aromatic heterocycles. The summed E-state index contributed by atoms with van der Waals surface area (Å²) in [5.74, 6) is 0. The van der Waals surface area contributed by atoms with Gasteiger partial charge in [-0.25, -0.2) is 0 Å². The van der Waals surface area contributed by atoms with Crippen LogP contribution in [0.4, 0.5) is 0 Å². The van der Waals surface area contributed by atoms with Crippen molar-refractivity contribution in [2.45, 2.75) is 0 Å². The molecule has 0 radical (unpaired) electrons. The molecule has 2 aromatic carbocycles. The molecule has 2 aromatic rings. The lowest BCUT2D eigenvalue weighted by atomic mass is 10.0. The maximum atomic E-state index is 4.10. The molecule has 0 spiro atoms. The molecule has 0 bridgehead atoms. The number of rotatable bonds is 2. The molecular weight excluding hydrogens is 204 g/mol. The van der Waals surface area contributed by atoms with E-state index < -0.39 is 0 Å². The molecule has 0 fully saturated rings. The molecule has 0 atom stereocenters. The van der Waals surface area contributed by atoms with Crippen molar-refractivity contribution >= 4 is 5.57 Å². The summed E-state index contributed by atoms with van der Waals surface area (Å²) < 4.78 is 0. The molecule has 84 valence electrons. The number of hydrogen-bond acceptors (Lipinski definition) is 0. The first-order chi connectivity index (χ1) is 8.29. The molecule has 0 heterocycles. The second-order valence-electron chi connectivity index (χ2n) is 3.46. The van der Waals surface area contributed by atoms with Gasteiger partial charge in [-0.1, -0.05) is 80.4 Å². The Kier molecular flexibility index (Phi) is 5.30. The van der Waals surface area contributed by atoms with Crippen LogP contribution in [0.3, 0.4) is 0 Å². The SMILES string of the molecule is C=C(c1ccccc1)c1ccccc1.C=C=C. The summed E-state index contributed by atoms with van der Waals surface area (Å²) in [5.41, 5.74) is 5.68. The zero-order valence-electron chi connectivity index (χ0n) is 9.89. The Morgan fingerprint density at radius 3 is 1.29 bits per heavy atom. The zero-order valence-corrected chi connectivity index (χ0v) is 9.89. The van der Waals surface area contributed by atoms with E-state index in [1.165, 1.54) is 11.1 Å². The molecule has 0 saturated heterocycles. The van der Waals surface area contributed by atoms with Gasteiger partial charge in [0, 0.05) is 0 Å². The van der Waals surface area contributed by atoms with E-state index in [1.807, 2.05) is 36.4 Å². The summed E-state index contributed by atoms with van der Waals surface area (Å²) in [6.07, 6.45) is 0. The predicted octanol–water partition coefficient (Wildman–Crippen LogP) is 4.71. The Morgan fingerprint density at radius 1 is 0.706 bits per heavy atom. The molecule has 17 heavy (non-hydrogen) atoms. The van der Waals surface area contributed by atoms with Crippen LogP contribution in [0.5, 0.6) is 0 Å². The van der Waals surface area contributed by atoms with Crippen molar-refractivity contribution in [1.82, 2.24) is 0 Å². The molecule has 0 amide bonds. The van der Waals surface area contributed by atoms with Crippen molar-refractivity contribution in [1.29, 1.82) is 0 Å². The summed E-state index contributed by atoms with van der Waals surface area (Å²) in [4.78, 5) is 0. The quantitative estimate of drug-likeness (QED) is 0.643. The van der Waals surface area contributed by atoms with Gasteiger partial charge in [-0.3, -0.25) is 0 Å². The average molecular weight is 220 g/mol. The minimum Gasteiger partial charge on any atom is -0.137 e. The van der Waals surface area contributed by atoms with E-state index in [0.717, 1.165) is 5.57 Å². The fourth-order valence-electron chi connectivity index (χ4n) is 1.45. The molecule has 0 aliphatic carbocycles. The lowest BCUT2D eigenvalue weighted by Gasteiger charge is -2.04. The summed E-state index contributed by atoms with van der Waals surface area (Å²) in [6, 6.07) is 20.5. The van der Waals surface area contributed by atoms with Crippen LogP contribution in [0.25, 0.3) is 5.57 Å². The number of hydrogen-bond donors (Lipinski definition) is 0. The molecule has 2 rings (SSSR count). The standard InChI is InChI=1S/C14H12.C3H4/c1-12(13-8-4-2-5-9-13)14-10-6-3-7-11-14;1-3-2/h2-11H,1H2;1-2H2. The second kappa shape index (κ2) is 7.05. The van der Waals surface area contributed by atoms with Gasteiger partial charge in [-0.15, -0.1) is 5.73 Å². The normalized spacial score (nSPS) is 8.47. The van der Waals surface area contributed by atoms with Crippen LogP contribution in [0.1, 0.15) is 11.1 Å². The molecule has 0 nitrogen and oxygen atoms in total. The fourth-order valence-corrected chi connectivity index (χ4v) is 1.45. The van der Waals surface area contributed by atoms with Gasteiger partial charge in [-0.2, -0.15) is 0 Å². The van der Waals surface area contributed by atoms with Crippen LogP contribution in [-0.2, 0) is 0 Å². The Hall–Kier alpha value is -2.30. The van der Waals surface area contributed by atoms with E-state index >= 15 is 0 Å². The van der Waals surface area contributed by atoms with E-state index in [9.17, 15) is 0 Å². The molecule has 0 aliphatic rings. The molecule has 0 aliphatic heterocycles. The van der Waals surface area contributed by atoms with Crippen molar-refractivity contribution in [3.63, 3.8) is 0 Å². The third-order valence-corrected chi connectivity index (χ3v) is 2.24.